The first-order valence-electron chi connectivity index (χ1n) is 6.29. The predicted molar refractivity (Wildman–Crippen MR) is 76.2 cm³/mol. The highest BCUT2D eigenvalue weighted by atomic mass is 16.5. The van der Waals surface area contributed by atoms with E-state index in [-0.39, 0.29) is 25.8 Å². The van der Waals surface area contributed by atoms with Crippen LogP contribution in [0.3, 0.4) is 0 Å². The van der Waals surface area contributed by atoms with Gasteiger partial charge in [-0.1, -0.05) is 6.07 Å². The maximum atomic E-state index is 11.9. The van der Waals surface area contributed by atoms with Crippen molar-refractivity contribution < 1.29 is 19.4 Å². The summed E-state index contributed by atoms with van der Waals surface area (Å²) in [5.41, 5.74) is 2.99. The summed E-state index contributed by atoms with van der Waals surface area (Å²) >= 11 is 0. The van der Waals surface area contributed by atoms with E-state index < -0.39 is 5.97 Å². The molecular formula is C14H20N2O4. The van der Waals surface area contributed by atoms with E-state index in [2.05, 4.69) is 5.32 Å². The summed E-state index contributed by atoms with van der Waals surface area (Å²) < 4.78 is 4.84. The molecule has 0 unspecified atom stereocenters. The second-order valence-corrected chi connectivity index (χ2v) is 4.58. The fourth-order valence-electron chi connectivity index (χ4n) is 1.77. The van der Waals surface area contributed by atoms with Gasteiger partial charge in [0.15, 0.2) is 0 Å². The number of ether oxygens (including phenoxy) is 1. The van der Waals surface area contributed by atoms with Gasteiger partial charge >= 0.3 is 12.0 Å². The van der Waals surface area contributed by atoms with Crippen LogP contribution in [0, 0.1) is 13.8 Å². The molecular weight excluding hydrogens is 260 g/mol. The second kappa shape index (κ2) is 7.49. The Morgan fingerprint density at radius 1 is 1.25 bits per heavy atom. The number of benzene rings is 1. The Kier molecular flexibility index (Phi) is 5.99. The van der Waals surface area contributed by atoms with E-state index in [0.29, 0.717) is 0 Å². The average Bonchev–Trinajstić information content (AvgIpc) is 2.35. The Hall–Kier alpha value is -2.08. The quantitative estimate of drug-likeness (QED) is 0.775. The molecule has 0 atom stereocenters. The van der Waals surface area contributed by atoms with Gasteiger partial charge in [0.2, 0.25) is 0 Å². The first-order chi connectivity index (χ1) is 9.40. The minimum Gasteiger partial charge on any atom is -0.480 e. The minimum absolute atomic E-state index is 0.165. The van der Waals surface area contributed by atoms with E-state index in [1.54, 1.807) is 7.05 Å². The molecule has 0 saturated carbocycles. The number of anilines is 1. The highest BCUT2D eigenvalue weighted by Gasteiger charge is 2.10. The standard InChI is InChI=1S/C14H20N2O4/c1-10-6-11(2)8-12(7-10)16(3)14(19)15-4-5-20-9-13(17)18/h6-8H,4-5,9H2,1-3H3,(H,15,19)(H,17,18). The van der Waals surface area contributed by atoms with Gasteiger partial charge in [0.1, 0.15) is 6.61 Å². The fraction of sp³-hybridized carbons (Fsp3) is 0.429. The molecule has 20 heavy (non-hydrogen) atoms. The number of hydrogen-bond acceptors (Lipinski definition) is 3. The number of hydrogen-bond donors (Lipinski definition) is 2. The molecule has 6 heteroatoms. The number of amides is 2. The number of aliphatic carboxylic acids is 1. The Bertz CT molecular complexity index is 468. The third kappa shape index (κ3) is 5.27. The van der Waals surface area contributed by atoms with Gasteiger partial charge < -0.3 is 15.2 Å². The van der Waals surface area contributed by atoms with E-state index in [4.69, 9.17) is 9.84 Å². The molecule has 0 aromatic heterocycles. The first-order valence-corrected chi connectivity index (χ1v) is 6.29. The molecule has 0 aliphatic rings. The van der Waals surface area contributed by atoms with Gasteiger partial charge in [0.05, 0.1) is 6.61 Å². The highest BCUT2D eigenvalue weighted by molar-refractivity contribution is 5.91. The summed E-state index contributed by atoms with van der Waals surface area (Å²) in [7, 11) is 1.68. The van der Waals surface area contributed by atoms with Crippen molar-refractivity contribution in [2.24, 2.45) is 0 Å². The van der Waals surface area contributed by atoms with Crippen LogP contribution in [0.15, 0.2) is 18.2 Å². The molecule has 1 aromatic rings. The van der Waals surface area contributed by atoms with Gasteiger partial charge in [0, 0.05) is 19.3 Å². The number of nitrogens with one attached hydrogen (secondary N) is 1. The van der Waals surface area contributed by atoms with Crippen molar-refractivity contribution in [3.63, 3.8) is 0 Å². The number of nitrogens with zero attached hydrogens (tertiary/aromatic N) is 1. The Morgan fingerprint density at radius 3 is 2.40 bits per heavy atom. The zero-order valence-corrected chi connectivity index (χ0v) is 12.0. The molecule has 2 N–H and O–H groups in total. The largest absolute Gasteiger partial charge is 0.480 e. The van der Waals surface area contributed by atoms with E-state index >= 15 is 0 Å². The number of carbonyl (C=O) groups is 2. The summed E-state index contributed by atoms with van der Waals surface area (Å²) in [5, 5.41) is 11.1. The normalized spacial score (nSPS) is 10.2. The van der Waals surface area contributed by atoms with Gasteiger partial charge in [-0.15, -0.1) is 0 Å². The summed E-state index contributed by atoms with van der Waals surface area (Å²) in [4.78, 5) is 23.6. The van der Waals surface area contributed by atoms with Crippen LogP contribution in [0.25, 0.3) is 0 Å². The zero-order chi connectivity index (χ0) is 15.1. The summed E-state index contributed by atoms with van der Waals surface area (Å²) in [5.74, 6) is -1.02. The van der Waals surface area contributed by atoms with Gasteiger partial charge in [0.25, 0.3) is 0 Å². The van der Waals surface area contributed by atoms with Crippen molar-refractivity contribution in [2.75, 3.05) is 31.7 Å². The summed E-state index contributed by atoms with van der Waals surface area (Å²) in [6.45, 7) is 4.02. The van der Waals surface area contributed by atoms with E-state index in [1.807, 2.05) is 32.0 Å². The molecule has 0 aliphatic heterocycles. The van der Waals surface area contributed by atoms with Crippen molar-refractivity contribution in [1.29, 1.82) is 0 Å². The third-order valence-corrected chi connectivity index (χ3v) is 2.65. The predicted octanol–water partition coefficient (Wildman–Crippen LogP) is 1.55. The number of aryl methyl sites for hydroxylation is 2. The minimum atomic E-state index is -1.02. The van der Waals surface area contributed by atoms with Crippen LogP contribution in [0.2, 0.25) is 0 Å². The molecule has 0 radical (unpaired) electrons. The first kappa shape index (κ1) is 16.0. The maximum absolute atomic E-state index is 11.9. The third-order valence-electron chi connectivity index (χ3n) is 2.65. The van der Waals surface area contributed by atoms with Crippen LogP contribution in [-0.4, -0.2) is 43.9 Å². The average molecular weight is 280 g/mol. The van der Waals surface area contributed by atoms with Crippen molar-refractivity contribution in [3.05, 3.63) is 29.3 Å². The number of carboxylic acids is 1. The monoisotopic (exact) mass is 280 g/mol. The lowest BCUT2D eigenvalue weighted by Gasteiger charge is -2.19. The van der Waals surface area contributed by atoms with E-state index in [1.165, 1.54) is 4.90 Å². The molecule has 0 fully saturated rings. The zero-order valence-electron chi connectivity index (χ0n) is 12.0. The maximum Gasteiger partial charge on any atom is 0.329 e. The summed E-state index contributed by atoms with van der Waals surface area (Å²) in [6, 6.07) is 5.63. The Balaban J connectivity index is 2.44. The molecule has 0 bridgehead atoms. The van der Waals surface area contributed by atoms with Crippen molar-refractivity contribution >= 4 is 17.7 Å². The van der Waals surface area contributed by atoms with Crippen LogP contribution in [0.1, 0.15) is 11.1 Å². The molecule has 0 spiro atoms. The molecule has 0 saturated heterocycles. The van der Waals surface area contributed by atoms with Gasteiger partial charge in [-0.05, 0) is 37.1 Å². The van der Waals surface area contributed by atoms with Crippen LogP contribution < -0.4 is 10.2 Å². The highest BCUT2D eigenvalue weighted by Crippen LogP contribution is 2.17. The lowest BCUT2D eigenvalue weighted by atomic mass is 10.1. The number of urea groups is 1. The summed E-state index contributed by atoms with van der Waals surface area (Å²) in [6.07, 6.45) is 0. The molecule has 0 aliphatic carbocycles. The number of carbonyl (C=O) groups excluding carboxylic acids is 1. The second-order valence-electron chi connectivity index (χ2n) is 4.58. The lowest BCUT2D eigenvalue weighted by molar-refractivity contribution is -0.142. The van der Waals surface area contributed by atoms with Gasteiger partial charge in [-0.3, -0.25) is 4.90 Å². The van der Waals surface area contributed by atoms with Crippen molar-refractivity contribution in [3.8, 4) is 0 Å². The Morgan fingerprint density at radius 2 is 1.85 bits per heavy atom. The van der Waals surface area contributed by atoms with Crippen LogP contribution in [-0.2, 0) is 9.53 Å². The van der Waals surface area contributed by atoms with Crippen molar-refractivity contribution in [1.82, 2.24) is 5.32 Å². The lowest BCUT2D eigenvalue weighted by Crippen LogP contribution is -2.39. The number of carboxylic acid groups (broad SMARTS) is 1. The number of rotatable bonds is 6. The molecule has 2 amide bonds. The van der Waals surface area contributed by atoms with Crippen LogP contribution in [0.4, 0.5) is 10.5 Å². The topological polar surface area (TPSA) is 78.9 Å². The van der Waals surface area contributed by atoms with E-state index in [0.717, 1.165) is 16.8 Å². The van der Waals surface area contributed by atoms with E-state index in [9.17, 15) is 9.59 Å². The molecule has 1 aromatic carbocycles. The molecule has 0 heterocycles. The molecule has 1 rings (SSSR count). The SMILES string of the molecule is Cc1cc(C)cc(N(C)C(=O)NCCOCC(=O)O)c1. The van der Waals surface area contributed by atoms with Crippen molar-refractivity contribution in [2.45, 2.75) is 13.8 Å². The molecule has 110 valence electrons. The fourth-order valence-corrected chi connectivity index (χ4v) is 1.77. The van der Waals surface area contributed by atoms with Gasteiger partial charge in [-0.2, -0.15) is 0 Å². The smallest absolute Gasteiger partial charge is 0.329 e. The van der Waals surface area contributed by atoms with Crippen LogP contribution >= 0.6 is 0 Å². The Labute approximate surface area is 118 Å². The molecule has 6 nitrogen and oxygen atoms in total. The van der Waals surface area contributed by atoms with Crippen LogP contribution in [0.5, 0.6) is 0 Å². The van der Waals surface area contributed by atoms with Gasteiger partial charge in [-0.25, -0.2) is 9.59 Å².